The van der Waals surface area contributed by atoms with Gasteiger partial charge in [0.2, 0.25) is 0 Å². The number of aliphatic hydroxyl groups excluding tert-OH is 9. The maximum absolute atomic E-state index is 14.9. The Labute approximate surface area is 698 Å². The van der Waals surface area contributed by atoms with E-state index in [1.165, 1.54) is 167 Å². The minimum atomic E-state index is -5.81. The van der Waals surface area contributed by atoms with Crippen LogP contribution in [-0.4, -0.2) is 205 Å². The number of hydrogen-bond donors (Lipinski definition) is 10. The third-order valence-electron chi connectivity index (χ3n) is 22.8. The molecule has 0 radical (unpaired) electrons. The van der Waals surface area contributed by atoms with Gasteiger partial charge >= 0.3 is 31.7 Å². The number of allylic oxidation sites excluding steroid dienone is 4. The molecule has 1 aliphatic carbocycles. The first-order chi connectivity index (χ1) is 56.1. The van der Waals surface area contributed by atoms with Gasteiger partial charge in [0.05, 0.1) is 13.2 Å². The topological polar surface area (TPSA) is 380 Å². The minimum absolute atomic E-state index is 0.00764. The normalized spacial score (nSPS) is 25.5. The molecule has 19 atom stereocenters. The molecule has 10 N–H and O–H groups in total. The number of carbonyl (C=O) groups is 4. The summed E-state index contributed by atoms with van der Waals surface area (Å²) in [5.74, 6) is -2.31. The van der Waals surface area contributed by atoms with E-state index in [-0.39, 0.29) is 32.1 Å². The van der Waals surface area contributed by atoms with Crippen LogP contribution in [0.2, 0.25) is 0 Å². The average Bonchev–Trinajstić information content (AvgIpc) is 0.754. The predicted octanol–water partition coefficient (Wildman–Crippen LogP) is 16.8. The highest BCUT2D eigenvalue weighted by Crippen LogP contribution is 2.49. The second-order valence-electron chi connectivity index (χ2n) is 33.4. The number of phosphoric acid groups is 1. The van der Waals surface area contributed by atoms with E-state index in [1.807, 2.05) is 0 Å². The van der Waals surface area contributed by atoms with Crippen LogP contribution in [0.5, 0.6) is 0 Å². The molecule has 0 bridgehead atoms. The van der Waals surface area contributed by atoms with Crippen molar-refractivity contribution < 1.29 is 122 Å². The van der Waals surface area contributed by atoms with Crippen LogP contribution in [0.3, 0.4) is 0 Å². The number of carbonyl (C=O) groups excluding carboxylic acids is 4. The molecule has 19 unspecified atom stereocenters. The highest BCUT2D eigenvalue weighted by atomic mass is 31.2. The molecule has 0 aromatic rings. The first-order valence-electron chi connectivity index (χ1n) is 46.5. The fourth-order valence-electron chi connectivity index (χ4n) is 15.3. The van der Waals surface area contributed by atoms with Crippen LogP contribution in [0, 0.1) is 5.92 Å². The Morgan fingerprint density at radius 3 is 1.12 bits per heavy atom. The number of rotatable bonds is 74. The summed E-state index contributed by atoms with van der Waals surface area (Å²) < 4.78 is 73.4. The summed E-state index contributed by atoms with van der Waals surface area (Å²) in [5, 5.41) is 102. The van der Waals surface area contributed by atoms with Crippen molar-refractivity contribution in [1.82, 2.24) is 0 Å². The molecule has 3 rings (SSSR count). The molecule has 3 fully saturated rings. The molecule has 2 aliphatic heterocycles. The maximum Gasteiger partial charge on any atom is 0.472 e. The van der Waals surface area contributed by atoms with Gasteiger partial charge in [-0.25, -0.2) is 4.57 Å². The lowest BCUT2D eigenvalue weighted by molar-refractivity contribution is -0.360. The van der Waals surface area contributed by atoms with Gasteiger partial charge in [0.25, 0.3) is 0 Å². The van der Waals surface area contributed by atoms with Gasteiger partial charge < -0.3 is 88.7 Å². The van der Waals surface area contributed by atoms with E-state index < -0.39 is 162 Å². The zero-order valence-corrected chi connectivity index (χ0v) is 73.4. The maximum atomic E-state index is 14.9. The van der Waals surface area contributed by atoms with E-state index >= 15 is 0 Å². The lowest BCUT2D eigenvalue weighted by atomic mass is 9.84. The SMILES string of the molecule is CCCCCCCC/C=C\CCCCCC(=O)OCC1OC(OC2C(OC(=O)CCCCC/C=C\CCCCCCCC)C(O)C(O)C(OC3OC(CO)C(O)C(O)C3O)C2OP(=O)(O)OCC(COC(=O)CCCCCCCCC(C)CCCCCCCC)OC(=O)CCCCCCCCCCCCCCCCC)C(O)C(O)C1O. The van der Waals surface area contributed by atoms with E-state index in [1.54, 1.807) is 0 Å². The Balaban J connectivity index is 1.93. The van der Waals surface area contributed by atoms with Crippen molar-refractivity contribution in [3.05, 3.63) is 24.3 Å². The molecule has 3 aliphatic rings. The van der Waals surface area contributed by atoms with Gasteiger partial charge in [0, 0.05) is 25.7 Å². The summed E-state index contributed by atoms with van der Waals surface area (Å²) in [6.07, 6.45) is 26.2. The largest absolute Gasteiger partial charge is 0.472 e. The molecule has 680 valence electrons. The zero-order chi connectivity index (χ0) is 84.8. The third kappa shape index (κ3) is 48.7. The van der Waals surface area contributed by atoms with Crippen LogP contribution < -0.4 is 0 Å². The smallest absolute Gasteiger partial charge is 0.463 e. The van der Waals surface area contributed by atoms with Gasteiger partial charge in [-0.15, -0.1) is 0 Å². The highest BCUT2D eigenvalue weighted by Gasteiger charge is 2.60. The minimum Gasteiger partial charge on any atom is -0.463 e. The average molecular weight is 1680 g/mol. The van der Waals surface area contributed by atoms with E-state index in [9.17, 15) is 74.6 Å². The van der Waals surface area contributed by atoms with Gasteiger partial charge in [-0.05, 0) is 83.0 Å². The predicted molar refractivity (Wildman–Crippen MR) is 449 cm³/mol. The fourth-order valence-corrected chi connectivity index (χ4v) is 16.3. The highest BCUT2D eigenvalue weighted by molar-refractivity contribution is 7.47. The Morgan fingerprint density at radius 2 is 0.698 bits per heavy atom. The molecule has 2 saturated heterocycles. The number of ether oxygens (including phenoxy) is 8. The Morgan fingerprint density at radius 1 is 0.362 bits per heavy atom. The molecule has 25 nitrogen and oxygen atoms in total. The lowest BCUT2D eigenvalue weighted by Gasteiger charge is -2.50. The van der Waals surface area contributed by atoms with Crippen molar-refractivity contribution in [2.75, 3.05) is 26.4 Å². The van der Waals surface area contributed by atoms with Crippen molar-refractivity contribution >= 4 is 31.7 Å². The molecule has 0 aromatic carbocycles. The molecule has 0 aromatic heterocycles. The summed E-state index contributed by atoms with van der Waals surface area (Å²) in [6, 6.07) is 0. The van der Waals surface area contributed by atoms with Gasteiger partial charge in [-0.2, -0.15) is 0 Å². The van der Waals surface area contributed by atoms with Crippen molar-refractivity contribution in [2.24, 2.45) is 5.92 Å². The summed E-state index contributed by atoms with van der Waals surface area (Å²) in [6.45, 7) is 7.89. The molecule has 2 heterocycles. The van der Waals surface area contributed by atoms with Gasteiger partial charge in [0.15, 0.2) is 24.8 Å². The van der Waals surface area contributed by atoms with Crippen molar-refractivity contribution in [3.8, 4) is 0 Å². The van der Waals surface area contributed by atoms with Crippen LogP contribution in [-0.2, 0) is 70.7 Å². The Hall–Kier alpha value is -3.05. The van der Waals surface area contributed by atoms with E-state index in [0.29, 0.717) is 44.4 Å². The van der Waals surface area contributed by atoms with Crippen LogP contribution in [0.25, 0.3) is 0 Å². The molecular formula is C90H165O25P. The fraction of sp³-hybridized carbons (Fsp3) is 0.911. The van der Waals surface area contributed by atoms with Crippen LogP contribution in [0.15, 0.2) is 24.3 Å². The van der Waals surface area contributed by atoms with Gasteiger partial charge in [-0.1, -0.05) is 309 Å². The first kappa shape index (κ1) is 107. The third-order valence-corrected chi connectivity index (χ3v) is 23.8. The second-order valence-corrected chi connectivity index (χ2v) is 34.8. The molecule has 26 heteroatoms. The standard InChI is InChI=1S/C90H165O25P/c1-6-10-14-18-22-25-28-31-32-35-38-40-43-51-57-63-75(94)109-70(66-106-73(92)61-55-50-46-45-48-54-60-69(5)59-53-47-21-17-13-9-4)67-108-116(104,105)115-88-86(113-89-83(102)79(98)77(96)71(65-91)110-89)82(101)81(100)85(112-76(95)64-58-52-44-41-37-34-30-27-24-20-16-12-8-3)87(88)114-90-84(103)80(99)78(97)72(111-90)68-107-74(93)62-56-49-42-39-36-33-29-26-23-19-15-11-7-2/h33-34,36-37,69-72,77-91,96-103H,6-32,35,38-68H2,1-5H3,(H,104,105)/b36-33-,37-34-. The van der Waals surface area contributed by atoms with Crippen LogP contribution in [0.1, 0.15) is 388 Å². The van der Waals surface area contributed by atoms with Crippen molar-refractivity contribution in [2.45, 2.75) is 492 Å². The number of phosphoric ester groups is 1. The summed E-state index contributed by atoms with van der Waals surface area (Å²) in [5.41, 5.74) is 0. The Bertz CT molecular complexity index is 2530. The van der Waals surface area contributed by atoms with E-state index in [4.69, 9.17) is 46.9 Å². The first-order valence-corrected chi connectivity index (χ1v) is 48.0. The van der Waals surface area contributed by atoms with Crippen molar-refractivity contribution in [3.63, 3.8) is 0 Å². The number of hydrogen-bond acceptors (Lipinski definition) is 24. The van der Waals surface area contributed by atoms with Gasteiger partial charge in [0.1, 0.15) is 92.6 Å². The van der Waals surface area contributed by atoms with Crippen LogP contribution in [0.4, 0.5) is 0 Å². The second kappa shape index (κ2) is 68.4. The number of esters is 4. The molecule has 1 saturated carbocycles. The number of aliphatic hydroxyl groups is 9. The quantitative estimate of drug-likeness (QED) is 0.00889. The molecular weight excluding hydrogens is 1510 g/mol. The monoisotopic (exact) mass is 1680 g/mol. The van der Waals surface area contributed by atoms with Crippen molar-refractivity contribution in [1.29, 1.82) is 0 Å². The van der Waals surface area contributed by atoms with E-state index in [2.05, 4.69) is 58.9 Å². The number of unbranched alkanes of at least 4 members (excludes halogenated alkanes) is 42. The van der Waals surface area contributed by atoms with Gasteiger partial charge in [-0.3, -0.25) is 28.2 Å². The lowest BCUT2D eigenvalue weighted by Crippen LogP contribution is -2.70. The summed E-state index contributed by atoms with van der Waals surface area (Å²) in [4.78, 5) is 66.4. The Kier molecular flexibility index (Phi) is 63.2. The summed E-state index contributed by atoms with van der Waals surface area (Å²) in [7, 11) is -5.81. The molecule has 0 spiro atoms. The molecule has 116 heavy (non-hydrogen) atoms. The molecule has 0 amide bonds. The zero-order valence-electron chi connectivity index (χ0n) is 72.5. The van der Waals surface area contributed by atoms with Crippen LogP contribution >= 0.6 is 7.82 Å². The van der Waals surface area contributed by atoms with E-state index in [0.717, 1.165) is 116 Å². The summed E-state index contributed by atoms with van der Waals surface area (Å²) >= 11 is 0.